The highest BCUT2D eigenvalue weighted by molar-refractivity contribution is 6.02. The van der Waals surface area contributed by atoms with Crippen LogP contribution < -0.4 is 0 Å². The van der Waals surface area contributed by atoms with Crippen molar-refractivity contribution >= 4 is 5.78 Å². The van der Waals surface area contributed by atoms with Crippen LogP contribution in [0.1, 0.15) is 10.6 Å². The predicted molar refractivity (Wildman–Crippen MR) is 39.8 cm³/mol. The van der Waals surface area contributed by atoms with Gasteiger partial charge < -0.3 is 9.52 Å². The summed E-state index contributed by atoms with van der Waals surface area (Å²) in [6, 6.07) is 2.55. The summed E-state index contributed by atoms with van der Waals surface area (Å²) in [5.74, 6) is -3.25. The summed E-state index contributed by atoms with van der Waals surface area (Å²) >= 11 is 0. The van der Waals surface area contributed by atoms with Crippen LogP contribution in [0.2, 0.25) is 0 Å². The maximum absolute atomic E-state index is 11.8. The van der Waals surface area contributed by atoms with E-state index in [-0.39, 0.29) is 11.8 Å². The molecule has 0 aliphatic rings. The van der Waals surface area contributed by atoms with Crippen molar-refractivity contribution in [2.75, 3.05) is 0 Å². The number of hydrogen-bond donors (Lipinski definition) is 1. The number of carbonyl (C=O) groups is 1. The van der Waals surface area contributed by atoms with Crippen molar-refractivity contribution in [3.05, 3.63) is 36.0 Å². The Kier molecular flexibility index (Phi) is 2.64. The Morgan fingerprint density at radius 1 is 1.50 bits per heavy atom. The molecule has 76 valence electrons. The molecule has 0 saturated heterocycles. The van der Waals surface area contributed by atoms with E-state index in [9.17, 15) is 18.0 Å². The highest BCUT2D eigenvalue weighted by Crippen LogP contribution is 2.23. The molecule has 1 aromatic rings. The van der Waals surface area contributed by atoms with Gasteiger partial charge >= 0.3 is 6.18 Å². The first-order valence-electron chi connectivity index (χ1n) is 3.47. The lowest BCUT2D eigenvalue weighted by atomic mass is 10.2. The van der Waals surface area contributed by atoms with E-state index in [1.54, 1.807) is 0 Å². The molecular weight excluding hydrogens is 201 g/mol. The SMILES string of the molecule is O=C(/C=C(\O)C(F)(F)F)c1ccco1. The third kappa shape index (κ3) is 2.38. The van der Waals surface area contributed by atoms with Gasteiger partial charge in [0.25, 0.3) is 0 Å². The molecule has 0 unspecified atom stereocenters. The quantitative estimate of drug-likeness (QED) is 0.459. The molecule has 0 saturated carbocycles. The second-order valence-electron chi connectivity index (χ2n) is 2.37. The van der Waals surface area contributed by atoms with Crippen molar-refractivity contribution in [3.8, 4) is 0 Å². The van der Waals surface area contributed by atoms with Crippen molar-refractivity contribution < 1.29 is 27.5 Å². The number of furan rings is 1. The Hall–Kier alpha value is -1.72. The molecule has 0 radical (unpaired) electrons. The van der Waals surface area contributed by atoms with Crippen LogP contribution in [0.5, 0.6) is 0 Å². The van der Waals surface area contributed by atoms with Gasteiger partial charge in [-0.25, -0.2) is 0 Å². The smallest absolute Gasteiger partial charge is 0.448 e. The van der Waals surface area contributed by atoms with Crippen LogP contribution in [-0.4, -0.2) is 17.1 Å². The number of allylic oxidation sites excluding steroid dienone is 2. The highest BCUT2D eigenvalue weighted by Gasteiger charge is 2.34. The van der Waals surface area contributed by atoms with E-state index in [0.29, 0.717) is 0 Å². The van der Waals surface area contributed by atoms with E-state index in [1.807, 2.05) is 0 Å². The first-order chi connectivity index (χ1) is 6.41. The number of hydrogen-bond acceptors (Lipinski definition) is 3. The Balaban J connectivity index is 2.84. The molecule has 0 bridgehead atoms. The number of aliphatic hydroxyl groups excluding tert-OH is 1. The molecule has 1 N–H and O–H groups in total. The zero-order valence-electron chi connectivity index (χ0n) is 6.71. The Morgan fingerprint density at radius 3 is 2.57 bits per heavy atom. The monoisotopic (exact) mass is 206 g/mol. The molecule has 1 rings (SSSR count). The average Bonchev–Trinajstić information content (AvgIpc) is 2.53. The van der Waals surface area contributed by atoms with Gasteiger partial charge in [0.1, 0.15) is 0 Å². The van der Waals surface area contributed by atoms with Crippen molar-refractivity contribution in [1.82, 2.24) is 0 Å². The lowest BCUT2D eigenvalue weighted by molar-refractivity contribution is -0.120. The summed E-state index contributed by atoms with van der Waals surface area (Å²) in [5.41, 5.74) is 0. The number of aliphatic hydroxyl groups is 1. The van der Waals surface area contributed by atoms with Crippen molar-refractivity contribution in [2.24, 2.45) is 0 Å². The van der Waals surface area contributed by atoms with Crippen molar-refractivity contribution in [1.29, 1.82) is 0 Å². The van der Waals surface area contributed by atoms with Gasteiger partial charge in [-0.15, -0.1) is 0 Å². The maximum atomic E-state index is 11.8. The molecule has 0 fully saturated rings. The van der Waals surface area contributed by atoms with Crippen LogP contribution in [0.3, 0.4) is 0 Å². The minimum atomic E-state index is -4.91. The third-order valence-electron chi connectivity index (χ3n) is 1.32. The topological polar surface area (TPSA) is 50.4 Å². The van der Waals surface area contributed by atoms with E-state index in [0.717, 1.165) is 6.26 Å². The van der Waals surface area contributed by atoms with E-state index < -0.39 is 17.7 Å². The van der Waals surface area contributed by atoms with Gasteiger partial charge in [0.15, 0.2) is 5.76 Å². The molecule has 1 aromatic heterocycles. The summed E-state index contributed by atoms with van der Waals surface area (Å²) in [5, 5.41) is 8.43. The summed E-state index contributed by atoms with van der Waals surface area (Å²) in [7, 11) is 0. The second kappa shape index (κ2) is 3.57. The van der Waals surface area contributed by atoms with Crippen LogP contribution in [0, 0.1) is 0 Å². The van der Waals surface area contributed by atoms with Gasteiger partial charge in [-0.1, -0.05) is 0 Å². The predicted octanol–water partition coefficient (Wildman–Crippen LogP) is 2.47. The summed E-state index contributed by atoms with van der Waals surface area (Å²) in [6.07, 6.45) is -3.70. The number of carbonyl (C=O) groups excluding carboxylic acids is 1. The number of rotatable bonds is 2. The Labute approximate surface area is 76.4 Å². The highest BCUT2D eigenvalue weighted by atomic mass is 19.4. The lowest BCUT2D eigenvalue weighted by Gasteiger charge is -2.02. The zero-order valence-corrected chi connectivity index (χ0v) is 6.71. The fourth-order valence-corrected chi connectivity index (χ4v) is 0.696. The first-order valence-corrected chi connectivity index (χ1v) is 3.47. The second-order valence-corrected chi connectivity index (χ2v) is 2.37. The molecule has 1 heterocycles. The van der Waals surface area contributed by atoms with E-state index in [4.69, 9.17) is 5.11 Å². The van der Waals surface area contributed by atoms with Gasteiger partial charge in [-0.3, -0.25) is 4.79 Å². The number of ketones is 1. The van der Waals surface area contributed by atoms with Crippen LogP contribution in [0.4, 0.5) is 13.2 Å². The molecule has 0 atom stereocenters. The van der Waals surface area contributed by atoms with E-state index >= 15 is 0 Å². The maximum Gasteiger partial charge on any atom is 0.448 e. The van der Waals surface area contributed by atoms with Crippen LogP contribution in [0.15, 0.2) is 34.6 Å². The fraction of sp³-hybridized carbons (Fsp3) is 0.125. The van der Waals surface area contributed by atoms with Gasteiger partial charge in [0.05, 0.1) is 6.26 Å². The minimum absolute atomic E-state index is 0.0683. The Morgan fingerprint density at radius 2 is 2.14 bits per heavy atom. The molecule has 0 spiro atoms. The molecule has 6 heteroatoms. The van der Waals surface area contributed by atoms with Gasteiger partial charge in [0.2, 0.25) is 11.5 Å². The van der Waals surface area contributed by atoms with E-state index in [2.05, 4.69) is 4.42 Å². The normalized spacial score (nSPS) is 12.9. The molecular formula is C8H5F3O3. The van der Waals surface area contributed by atoms with Gasteiger partial charge in [0, 0.05) is 6.08 Å². The third-order valence-corrected chi connectivity index (χ3v) is 1.32. The minimum Gasteiger partial charge on any atom is -0.504 e. The Bertz CT molecular complexity index is 348. The average molecular weight is 206 g/mol. The van der Waals surface area contributed by atoms with Gasteiger partial charge in [-0.2, -0.15) is 13.2 Å². The molecule has 3 nitrogen and oxygen atoms in total. The molecule has 0 aliphatic heterocycles. The molecule has 0 amide bonds. The van der Waals surface area contributed by atoms with Crippen LogP contribution in [-0.2, 0) is 0 Å². The summed E-state index contributed by atoms with van der Waals surface area (Å²) in [6.45, 7) is 0. The van der Waals surface area contributed by atoms with Gasteiger partial charge in [-0.05, 0) is 12.1 Å². The number of alkyl halides is 3. The van der Waals surface area contributed by atoms with Crippen molar-refractivity contribution in [2.45, 2.75) is 6.18 Å². The van der Waals surface area contributed by atoms with Crippen LogP contribution in [0.25, 0.3) is 0 Å². The summed E-state index contributed by atoms with van der Waals surface area (Å²) in [4.78, 5) is 10.9. The standard InChI is InChI=1S/C8H5F3O3/c9-8(10,11)7(13)4-5(12)6-2-1-3-14-6/h1-4,13H/b7-4-. The van der Waals surface area contributed by atoms with Crippen LogP contribution >= 0.6 is 0 Å². The lowest BCUT2D eigenvalue weighted by Crippen LogP contribution is -2.12. The van der Waals surface area contributed by atoms with E-state index in [1.165, 1.54) is 12.1 Å². The zero-order chi connectivity index (χ0) is 10.8. The fourth-order valence-electron chi connectivity index (χ4n) is 0.696. The van der Waals surface area contributed by atoms with Crippen molar-refractivity contribution in [3.63, 3.8) is 0 Å². The molecule has 14 heavy (non-hydrogen) atoms. The molecule has 0 aliphatic carbocycles. The molecule has 0 aromatic carbocycles. The number of halogens is 3. The summed E-state index contributed by atoms with van der Waals surface area (Å²) < 4.78 is 39.8. The largest absolute Gasteiger partial charge is 0.504 e. The first kappa shape index (κ1) is 10.4.